The van der Waals surface area contributed by atoms with Gasteiger partial charge in [0.25, 0.3) is 0 Å². The number of benzene rings is 1. The molecule has 0 bridgehead atoms. The van der Waals surface area contributed by atoms with Crippen molar-refractivity contribution in [2.45, 2.75) is 27.4 Å². The molecule has 1 rings (SSSR count). The first kappa shape index (κ1) is 11.1. The number of hydrogen-bond donors (Lipinski definition) is 1. The first-order chi connectivity index (χ1) is 5.75. The highest BCUT2D eigenvalue weighted by atomic mass is 19.1. The predicted octanol–water partition coefficient (Wildman–Crippen LogP) is 2.65. The zero-order valence-electron chi connectivity index (χ0n) is 7.76. The lowest BCUT2D eigenvalue weighted by Crippen LogP contribution is -1.90. The van der Waals surface area contributed by atoms with Gasteiger partial charge in [0, 0.05) is 0 Å². The van der Waals surface area contributed by atoms with Crippen molar-refractivity contribution >= 4 is 0 Å². The maximum Gasteiger partial charge on any atom is 0.126 e. The summed E-state index contributed by atoms with van der Waals surface area (Å²) >= 11 is 0. The van der Waals surface area contributed by atoms with E-state index in [9.17, 15) is 4.39 Å². The van der Waals surface area contributed by atoms with Gasteiger partial charge in [-0.25, -0.2) is 4.39 Å². The number of hydrogen-bond acceptors (Lipinski definition) is 1. The summed E-state index contributed by atoms with van der Waals surface area (Å²) in [6.07, 6.45) is 0. The van der Waals surface area contributed by atoms with Gasteiger partial charge in [-0.3, -0.25) is 0 Å². The molecular formula is C10H15FO. The third-order valence-electron chi connectivity index (χ3n) is 1.55. The average molecular weight is 170 g/mol. The van der Waals surface area contributed by atoms with Crippen LogP contribution in [0.5, 0.6) is 0 Å². The van der Waals surface area contributed by atoms with Crippen LogP contribution in [0, 0.1) is 12.7 Å². The van der Waals surface area contributed by atoms with Gasteiger partial charge in [-0.15, -0.1) is 0 Å². The molecule has 0 atom stereocenters. The van der Waals surface area contributed by atoms with Crippen molar-refractivity contribution in [1.29, 1.82) is 0 Å². The number of aliphatic hydroxyl groups is 1. The third kappa shape index (κ3) is 2.62. The first-order valence-corrected chi connectivity index (χ1v) is 4.10. The summed E-state index contributed by atoms with van der Waals surface area (Å²) in [6.45, 7) is 5.56. The van der Waals surface area contributed by atoms with Gasteiger partial charge in [-0.05, 0) is 24.1 Å². The van der Waals surface area contributed by atoms with Crippen molar-refractivity contribution in [3.8, 4) is 0 Å². The molecule has 0 spiro atoms. The van der Waals surface area contributed by atoms with Crippen LogP contribution < -0.4 is 0 Å². The van der Waals surface area contributed by atoms with E-state index in [-0.39, 0.29) is 12.4 Å². The Hall–Kier alpha value is -0.890. The molecule has 1 nitrogen and oxygen atoms in total. The van der Waals surface area contributed by atoms with Gasteiger partial charge < -0.3 is 5.11 Å². The largest absolute Gasteiger partial charge is 0.392 e. The predicted molar refractivity (Wildman–Crippen MR) is 48.4 cm³/mol. The van der Waals surface area contributed by atoms with Crippen LogP contribution >= 0.6 is 0 Å². The van der Waals surface area contributed by atoms with Crippen LogP contribution in [-0.4, -0.2) is 5.11 Å². The Morgan fingerprint density at radius 1 is 1.33 bits per heavy atom. The lowest BCUT2D eigenvalue weighted by Gasteiger charge is -2.00. The highest BCUT2D eigenvalue weighted by Gasteiger charge is 1.99. The monoisotopic (exact) mass is 170 g/mol. The maximum atomic E-state index is 12.7. The van der Waals surface area contributed by atoms with Crippen LogP contribution in [0.2, 0.25) is 0 Å². The van der Waals surface area contributed by atoms with E-state index in [4.69, 9.17) is 5.11 Å². The standard InChI is InChI=1S/C8H9FO.C2H6/c1-6-7(5-10)3-2-4-8(6)9;1-2/h2-4,10H,5H2,1H3;1-2H3. The van der Waals surface area contributed by atoms with E-state index in [1.165, 1.54) is 6.07 Å². The molecule has 0 aliphatic heterocycles. The van der Waals surface area contributed by atoms with Gasteiger partial charge in [-0.2, -0.15) is 0 Å². The minimum absolute atomic E-state index is 0.0937. The van der Waals surface area contributed by atoms with Gasteiger partial charge in [0.05, 0.1) is 6.61 Å². The molecule has 0 radical (unpaired) electrons. The Labute approximate surface area is 72.9 Å². The minimum Gasteiger partial charge on any atom is -0.392 e. The fraction of sp³-hybridized carbons (Fsp3) is 0.400. The van der Waals surface area contributed by atoms with Crippen LogP contribution in [0.25, 0.3) is 0 Å². The molecule has 0 aliphatic carbocycles. The summed E-state index contributed by atoms with van der Waals surface area (Å²) in [7, 11) is 0. The normalized spacial score (nSPS) is 8.75. The summed E-state index contributed by atoms with van der Waals surface area (Å²) in [4.78, 5) is 0. The molecule has 0 saturated carbocycles. The Morgan fingerprint density at radius 2 is 1.92 bits per heavy atom. The Morgan fingerprint density at radius 3 is 2.33 bits per heavy atom. The van der Waals surface area contributed by atoms with Gasteiger partial charge in [0.15, 0.2) is 0 Å². The van der Waals surface area contributed by atoms with E-state index < -0.39 is 0 Å². The van der Waals surface area contributed by atoms with Crippen LogP contribution in [-0.2, 0) is 6.61 Å². The van der Waals surface area contributed by atoms with Crippen molar-refractivity contribution in [2.24, 2.45) is 0 Å². The van der Waals surface area contributed by atoms with Gasteiger partial charge in [-0.1, -0.05) is 26.0 Å². The fourth-order valence-electron chi connectivity index (χ4n) is 0.823. The SMILES string of the molecule is CC.Cc1c(F)cccc1CO. The van der Waals surface area contributed by atoms with E-state index in [1.54, 1.807) is 19.1 Å². The smallest absolute Gasteiger partial charge is 0.126 e. The first-order valence-electron chi connectivity index (χ1n) is 4.10. The van der Waals surface area contributed by atoms with Crippen molar-refractivity contribution in [1.82, 2.24) is 0 Å². The number of rotatable bonds is 1. The molecule has 0 unspecified atom stereocenters. The zero-order chi connectivity index (χ0) is 9.56. The molecule has 2 heteroatoms. The second kappa shape index (κ2) is 5.72. The lowest BCUT2D eigenvalue weighted by atomic mass is 10.1. The Balaban J connectivity index is 0.000000561. The van der Waals surface area contributed by atoms with Gasteiger partial charge in [0.2, 0.25) is 0 Å². The number of aliphatic hydroxyl groups excluding tert-OH is 1. The second-order valence-corrected chi connectivity index (χ2v) is 2.18. The highest BCUT2D eigenvalue weighted by Crippen LogP contribution is 2.10. The minimum atomic E-state index is -0.258. The van der Waals surface area contributed by atoms with Crippen LogP contribution in [0.15, 0.2) is 18.2 Å². The van der Waals surface area contributed by atoms with E-state index >= 15 is 0 Å². The molecule has 0 fully saturated rings. The molecule has 0 heterocycles. The topological polar surface area (TPSA) is 20.2 Å². The molecule has 0 aromatic heterocycles. The molecule has 12 heavy (non-hydrogen) atoms. The lowest BCUT2D eigenvalue weighted by molar-refractivity contribution is 0.280. The molecule has 1 N–H and O–H groups in total. The molecule has 1 aromatic carbocycles. The van der Waals surface area contributed by atoms with Gasteiger partial charge >= 0.3 is 0 Å². The molecule has 1 aromatic rings. The summed E-state index contributed by atoms with van der Waals surface area (Å²) in [5.41, 5.74) is 1.19. The Bertz CT molecular complexity index is 233. The maximum absolute atomic E-state index is 12.7. The van der Waals surface area contributed by atoms with Crippen molar-refractivity contribution in [3.05, 3.63) is 35.1 Å². The van der Waals surface area contributed by atoms with E-state index in [0.717, 1.165) is 0 Å². The van der Waals surface area contributed by atoms with Crippen LogP contribution in [0.1, 0.15) is 25.0 Å². The van der Waals surface area contributed by atoms with Crippen LogP contribution in [0.3, 0.4) is 0 Å². The molecule has 0 aliphatic rings. The summed E-state index contributed by atoms with van der Waals surface area (Å²) < 4.78 is 12.7. The molecule has 0 amide bonds. The fourth-order valence-corrected chi connectivity index (χ4v) is 0.823. The van der Waals surface area contributed by atoms with Crippen molar-refractivity contribution in [2.75, 3.05) is 0 Å². The molecule has 0 saturated heterocycles. The summed E-state index contributed by atoms with van der Waals surface area (Å²) in [5, 5.41) is 8.68. The van der Waals surface area contributed by atoms with E-state index in [0.29, 0.717) is 11.1 Å². The Kier molecular flexibility index (Phi) is 5.30. The summed E-state index contributed by atoms with van der Waals surface area (Å²) in [5.74, 6) is -0.258. The second-order valence-electron chi connectivity index (χ2n) is 2.18. The van der Waals surface area contributed by atoms with Gasteiger partial charge in [0.1, 0.15) is 5.82 Å². The van der Waals surface area contributed by atoms with Crippen molar-refractivity contribution in [3.63, 3.8) is 0 Å². The van der Waals surface area contributed by atoms with E-state index in [2.05, 4.69) is 0 Å². The quantitative estimate of drug-likeness (QED) is 0.687. The highest BCUT2D eigenvalue weighted by molar-refractivity contribution is 5.26. The molecular weight excluding hydrogens is 155 g/mol. The average Bonchev–Trinajstić information content (AvgIpc) is 2.13. The molecule has 68 valence electrons. The van der Waals surface area contributed by atoms with Crippen LogP contribution in [0.4, 0.5) is 4.39 Å². The third-order valence-corrected chi connectivity index (χ3v) is 1.55. The van der Waals surface area contributed by atoms with Crippen molar-refractivity contribution < 1.29 is 9.50 Å². The zero-order valence-corrected chi connectivity index (χ0v) is 7.76. The summed E-state index contributed by atoms with van der Waals surface area (Å²) in [6, 6.07) is 4.68. The number of halogens is 1. The van der Waals surface area contributed by atoms with E-state index in [1.807, 2.05) is 13.8 Å².